The second-order valence-corrected chi connectivity index (χ2v) is 4.61. The molecule has 0 aliphatic heterocycles. The average molecular weight is 274 g/mol. The van der Waals surface area contributed by atoms with Crippen LogP contribution in [0.25, 0.3) is 0 Å². The first-order valence-electron chi connectivity index (χ1n) is 6.35. The minimum atomic E-state index is -0.0970. The molecule has 6 heteroatoms. The van der Waals surface area contributed by atoms with Crippen LogP contribution in [0.5, 0.6) is 11.6 Å². The molecule has 1 aromatic heterocycles. The van der Waals surface area contributed by atoms with Crippen molar-refractivity contribution in [2.45, 2.75) is 26.4 Å². The van der Waals surface area contributed by atoms with E-state index in [-0.39, 0.29) is 12.5 Å². The monoisotopic (exact) mass is 274 g/mol. The molecule has 0 unspecified atom stereocenters. The van der Waals surface area contributed by atoms with Crippen LogP contribution >= 0.6 is 0 Å². The van der Waals surface area contributed by atoms with Gasteiger partial charge < -0.3 is 15.3 Å². The molecule has 4 N–H and O–H groups in total. The lowest BCUT2D eigenvalue weighted by Gasteiger charge is -2.16. The summed E-state index contributed by atoms with van der Waals surface area (Å²) in [6.45, 7) is 3.91. The molecule has 2 aromatic rings. The fraction of sp³-hybridized carbons (Fsp3) is 0.286. The summed E-state index contributed by atoms with van der Waals surface area (Å²) < 4.78 is 5.83. The molecule has 0 fully saturated rings. The van der Waals surface area contributed by atoms with Crippen molar-refractivity contribution in [1.82, 2.24) is 9.97 Å². The number of aromatic nitrogens is 2. The van der Waals surface area contributed by atoms with Gasteiger partial charge in [-0.05, 0) is 12.0 Å². The van der Waals surface area contributed by atoms with Gasteiger partial charge in [0.25, 0.3) is 0 Å². The minimum absolute atomic E-state index is 0.0970. The lowest BCUT2D eigenvalue weighted by molar-refractivity contribution is 0.276. The van der Waals surface area contributed by atoms with Crippen LogP contribution in [0.3, 0.4) is 0 Å². The molecule has 0 saturated heterocycles. The second-order valence-electron chi connectivity index (χ2n) is 4.61. The molecule has 0 atom stereocenters. The highest BCUT2D eigenvalue weighted by Crippen LogP contribution is 2.33. The number of nitrogens with zero attached hydrogens (tertiary/aromatic N) is 2. The standard InChI is InChI=1S/C14H18N4O2/c1-9(2)12-13(18-15)16-8-17-14(12)20-11-6-4-3-5-10(11)7-19/h3-6,8-9,19H,7,15H2,1-2H3,(H,16,17,18). The zero-order valence-corrected chi connectivity index (χ0v) is 11.5. The quantitative estimate of drug-likeness (QED) is 0.571. The van der Waals surface area contributed by atoms with Crippen LogP contribution in [0.15, 0.2) is 30.6 Å². The molecular weight excluding hydrogens is 256 g/mol. The number of hydrogen-bond acceptors (Lipinski definition) is 6. The molecule has 20 heavy (non-hydrogen) atoms. The lowest BCUT2D eigenvalue weighted by atomic mass is 10.1. The summed E-state index contributed by atoms with van der Waals surface area (Å²) in [4.78, 5) is 8.26. The van der Waals surface area contributed by atoms with Crippen molar-refractivity contribution >= 4 is 5.82 Å². The van der Waals surface area contributed by atoms with E-state index in [4.69, 9.17) is 10.6 Å². The van der Waals surface area contributed by atoms with Crippen LogP contribution in [-0.2, 0) is 6.61 Å². The number of hydrogen-bond donors (Lipinski definition) is 3. The normalized spacial score (nSPS) is 10.7. The number of anilines is 1. The third kappa shape index (κ3) is 2.87. The smallest absolute Gasteiger partial charge is 0.227 e. The molecule has 0 saturated carbocycles. The van der Waals surface area contributed by atoms with Crippen LogP contribution in [0.1, 0.15) is 30.9 Å². The molecule has 0 amide bonds. The van der Waals surface area contributed by atoms with Crippen molar-refractivity contribution in [2.24, 2.45) is 5.84 Å². The zero-order valence-electron chi connectivity index (χ0n) is 11.5. The van der Waals surface area contributed by atoms with Crippen LogP contribution in [-0.4, -0.2) is 15.1 Å². The molecule has 2 rings (SSSR count). The van der Waals surface area contributed by atoms with Crippen molar-refractivity contribution in [1.29, 1.82) is 0 Å². The van der Waals surface area contributed by atoms with Crippen molar-refractivity contribution < 1.29 is 9.84 Å². The number of ether oxygens (including phenoxy) is 1. The maximum Gasteiger partial charge on any atom is 0.227 e. The summed E-state index contributed by atoms with van der Waals surface area (Å²) in [5, 5.41) is 9.33. The number of hydrazine groups is 1. The van der Waals surface area contributed by atoms with Crippen molar-refractivity contribution in [3.63, 3.8) is 0 Å². The van der Waals surface area contributed by atoms with E-state index in [1.165, 1.54) is 6.33 Å². The number of para-hydroxylation sites is 1. The number of rotatable bonds is 5. The molecule has 6 nitrogen and oxygen atoms in total. The van der Waals surface area contributed by atoms with Gasteiger partial charge in [-0.2, -0.15) is 0 Å². The van der Waals surface area contributed by atoms with E-state index in [1.807, 2.05) is 26.0 Å². The predicted molar refractivity (Wildman–Crippen MR) is 76.4 cm³/mol. The molecule has 0 aliphatic rings. The summed E-state index contributed by atoms with van der Waals surface area (Å²) in [7, 11) is 0. The average Bonchev–Trinajstić information content (AvgIpc) is 2.47. The van der Waals surface area contributed by atoms with E-state index in [0.717, 1.165) is 5.56 Å². The van der Waals surface area contributed by atoms with Gasteiger partial charge in [-0.3, -0.25) is 0 Å². The van der Waals surface area contributed by atoms with Crippen LogP contribution in [0.2, 0.25) is 0 Å². The Hall–Kier alpha value is -2.18. The van der Waals surface area contributed by atoms with Crippen LogP contribution in [0.4, 0.5) is 5.82 Å². The fourth-order valence-corrected chi connectivity index (χ4v) is 1.93. The van der Waals surface area contributed by atoms with Gasteiger partial charge in [-0.15, -0.1) is 0 Å². The Kier molecular flexibility index (Phi) is 4.49. The molecule has 106 valence electrons. The van der Waals surface area contributed by atoms with E-state index < -0.39 is 0 Å². The van der Waals surface area contributed by atoms with Gasteiger partial charge in [-0.1, -0.05) is 32.0 Å². The van der Waals surface area contributed by atoms with Gasteiger partial charge in [0, 0.05) is 5.56 Å². The second kappa shape index (κ2) is 6.31. The number of nitrogens with one attached hydrogen (secondary N) is 1. The Morgan fingerprint density at radius 3 is 2.70 bits per heavy atom. The zero-order chi connectivity index (χ0) is 14.5. The Morgan fingerprint density at radius 1 is 1.30 bits per heavy atom. The number of nitrogens with two attached hydrogens (primary N) is 1. The molecule has 1 heterocycles. The Morgan fingerprint density at radius 2 is 2.05 bits per heavy atom. The summed E-state index contributed by atoms with van der Waals surface area (Å²) >= 11 is 0. The van der Waals surface area contributed by atoms with E-state index in [0.29, 0.717) is 23.0 Å². The van der Waals surface area contributed by atoms with Crippen molar-refractivity contribution in [3.8, 4) is 11.6 Å². The summed E-state index contributed by atoms with van der Waals surface area (Å²) in [6, 6.07) is 7.27. The number of nitrogen functional groups attached to an aromatic ring is 1. The maximum absolute atomic E-state index is 9.33. The van der Waals surface area contributed by atoms with Gasteiger partial charge in [0.1, 0.15) is 12.1 Å². The van der Waals surface area contributed by atoms with Gasteiger partial charge in [0.05, 0.1) is 12.2 Å². The van der Waals surface area contributed by atoms with Crippen molar-refractivity contribution in [3.05, 3.63) is 41.7 Å². The van der Waals surface area contributed by atoms with Crippen molar-refractivity contribution in [2.75, 3.05) is 5.43 Å². The van der Waals surface area contributed by atoms with Crippen LogP contribution in [0, 0.1) is 0 Å². The maximum atomic E-state index is 9.33. The highest BCUT2D eigenvalue weighted by molar-refractivity contribution is 5.51. The molecule has 0 aliphatic carbocycles. The first kappa shape index (κ1) is 14.2. The number of aliphatic hydroxyl groups excluding tert-OH is 1. The topological polar surface area (TPSA) is 93.3 Å². The Balaban J connectivity index is 2.43. The third-order valence-electron chi connectivity index (χ3n) is 2.91. The lowest BCUT2D eigenvalue weighted by Crippen LogP contribution is -2.13. The largest absolute Gasteiger partial charge is 0.438 e. The van der Waals surface area contributed by atoms with Gasteiger partial charge in [0.2, 0.25) is 5.88 Å². The highest BCUT2D eigenvalue weighted by atomic mass is 16.5. The van der Waals surface area contributed by atoms with E-state index in [2.05, 4.69) is 15.4 Å². The summed E-state index contributed by atoms with van der Waals surface area (Å²) in [5.41, 5.74) is 4.04. The van der Waals surface area contributed by atoms with E-state index in [1.54, 1.807) is 12.1 Å². The first-order valence-corrected chi connectivity index (χ1v) is 6.35. The number of aliphatic hydroxyl groups is 1. The highest BCUT2D eigenvalue weighted by Gasteiger charge is 2.17. The Labute approximate surface area is 117 Å². The molecule has 0 bridgehead atoms. The SMILES string of the molecule is CC(C)c1c(NN)ncnc1Oc1ccccc1CO. The summed E-state index contributed by atoms with van der Waals surface area (Å²) in [6.07, 6.45) is 1.39. The van der Waals surface area contributed by atoms with Gasteiger partial charge in [-0.25, -0.2) is 15.8 Å². The van der Waals surface area contributed by atoms with E-state index in [9.17, 15) is 5.11 Å². The minimum Gasteiger partial charge on any atom is -0.438 e. The Bertz CT molecular complexity index is 587. The van der Waals surface area contributed by atoms with E-state index >= 15 is 0 Å². The van der Waals surface area contributed by atoms with Gasteiger partial charge >= 0.3 is 0 Å². The van der Waals surface area contributed by atoms with Gasteiger partial charge in [0.15, 0.2) is 5.82 Å². The number of benzene rings is 1. The molecular formula is C14H18N4O2. The molecule has 1 aromatic carbocycles. The predicted octanol–water partition coefficient (Wildman–Crippen LogP) is 2.17. The fourth-order valence-electron chi connectivity index (χ4n) is 1.93. The van der Waals surface area contributed by atoms with Crippen LogP contribution < -0.4 is 16.0 Å². The molecule has 0 radical (unpaired) electrons. The molecule has 0 spiro atoms. The summed E-state index contributed by atoms with van der Waals surface area (Å²) in [5.74, 6) is 7.14. The first-order chi connectivity index (χ1) is 9.67. The third-order valence-corrected chi connectivity index (χ3v) is 2.91.